The zero-order valence-corrected chi connectivity index (χ0v) is 25.0. The van der Waals surface area contributed by atoms with Gasteiger partial charge in [0.2, 0.25) is 0 Å². The van der Waals surface area contributed by atoms with E-state index in [1.54, 1.807) is 24.3 Å². The summed E-state index contributed by atoms with van der Waals surface area (Å²) < 4.78 is 13.7. The number of ether oxygens (including phenoxy) is 1. The predicted molar refractivity (Wildman–Crippen MR) is 163 cm³/mol. The van der Waals surface area contributed by atoms with Gasteiger partial charge in [-0.15, -0.1) is 0 Å². The number of amides is 1. The number of carbonyl (C=O) groups is 1. The van der Waals surface area contributed by atoms with Crippen molar-refractivity contribution in [2.75, 3.05) is 0 Å². The number of fused-ring (bicyclic) bond motifs is 4. The highest BCUT2D eigenvalue weighted by molar-refractivity contribution is 9.10. The molecule has 6 nitrogen and oxygen atoms in total. The fraction of sp³-hybridized carbons (Fsp3) is 0.103. The number of hydrogen-bond acceptors (Lipinski definition) is 6. The van der Waals surface area contributed by atoms with Crippen LogP contribution >= 0.6 is 62.5 Å². The summed E-state index contributed by atoms with van der Waals surface area (Å²) in [4.78, 5) is 13.5. The third-order valence-corrected chi connectivity index (χ3v) is 8.94. The van der Waals surface area contributed by atoms with Gasteiger partial charge in [-0.3, -0.25) is 10.1 Å². The van der Waals surface area contributed by atoms with Gasteiger partial charge >= 0.3 is 5.85 Å². The van der Waals surface area contributed by atoms with Crippen LogP contribution in [0.25, 0.3) is 17.4 Å². The van der Waals surface area contributed by atoms with Crippen molar-refractivity contribution in [3.05, 3.63) is 114 Å². The van der Waals surface area contributed by atoms with Crippen molar-refractivity contribution in [1.29, 1.82) is 0 Å². The third kappa shape index (κ3) is 4.52. The molecule has 11 heteroatoms. The first-order chi connectivity index (χ1) is 19.3. The molecule has 4 aromatic rings. The molecular weight excluding hydrogens is 657 g/mol. The largest absolute Gasteiger partial charge is 0.457 e. The van der Waals surface area contributed by atoms with Crippen LogP contribution in [-0.2, 0) is 0 Å². The first-order valence-electron chi connectivity index (χ1n) is 12.2. The topological polar surface area (TPSA) is 67.1 Å². The fourth-order valence-electron chi connectivity index (χ4n) is 5.12. The second kappa shape index (κ2) is 9.89. The van der Waals surface area contributed by atoms with Gasteiger partial charge < -0.3 is 9.15 Å². The molecule has 3 aliphatic rings. The lowest BCUT2D eigenvalue weighted by Gasteiger charge is -2.45. The molecule has 0 saturated carbocycles. The minimum atomic E-state index is -1.35. The number of nitrogens with one attached hydrogen (secondary N) is 1. The van der Waals surface area contributed by atoms with Crippen molar-refractivity contribution in [1.82, 2.24) is 10.3 Å². The Labute approximate surface area is 257 Å². The quantitative estimate of drug-likeness (QED) is 0.235. The summed E-state index contributed by atoms with van der Waals surface area (Å²) in [7, 11) is 0. The summed E-state index contributed by atoms with van der Waals surface area (Å²) in [5.41, 5.74) is 3.52. The molecule has 3 aliphatic heterocycles. The molecule has 7 rings (SSSR count). The highest BCUT2D eigenvalue weighted by atomic mass is 79.9. The van der Waals surface area contributed by atoms with E-state index in [4.69, 9.17) is 49.1 Å². The first kappa shape index (κ1) is 26.0. The van der Waals surface area contributed by atoms with Gasteiger partial charge in [-0.1, -0.05) is 62.9 Å². The molecule has 0 bridgehead atoms. The lowest BCUT2D eigenvalue weighted by molar-refractivity contribution is -0.0949. The third-order valence-electron chi connectivity index (χ3n) is 6.85. The van der Waals surface area contributed by atoms with Crippen LogP contribution < -0.4 is 10.1 Å². The summed E-state index contributed by atoms with van der Waals surface area (Å²) in [5, 5.41) is 11.3. The standard InChI is InChI=1S/C29H17BrCl3N3O3S/c30-17-3-7-26-22(11-17)24-14-23(15-1-4-18(31)5-2-15)35-36(24)29(39-26)27(40-28(37)34-29)13-21-6-8-25(38-21)16-9-19(32)12-20(33)10-16/h1-13,24H,14H2,(H,34,37). The summed E-state index contributed by atoms with van der Waals surface area (Å²) in [6, 6.07) is 22.1. The Hall–Kier alpha value is -2.88. The van der Waals surface area contributed by atoms with E-state index in [1.807, 2.05) is 59.6 Å². The number of benzene rings is 3. The Morgan fingerprint density at radius 1 is 0.975 bits per heavy atom. The number of furan rings is 1. The Morgan fingerprint density at radius 2 is 1.75 bits per heavy atom. The maximum atomic E-state index is 12.9. The highest BCUT2D eigenvalue weighted by Gasteiger charge is 2.58. The van der Waals surface area contributed by atoms with Gasteiger partial charge in [-0.25, -0.2) is 5.01 Å². The lowest BCUT2D eigenvalue weighted by Crippen LogP contribution is -2.61. The maximum Gasteiger partial charge on any atom is 0.314 e. The number of halogens is 4. The van der Waals surface area contributed by atoms with Gasteiger partial charge in [-0.2, -0.15) is 5.10 Å². The Balaban J connectivity index is 1.33. The Bertz CT molecular complexity index is 1740. The van der Waals surface area contributed by atoms with Crippen LogP contribution in [0.15, 0.2) is 91.7 Å². The molecule has 1 saturated heterocycles. The molecule has 1 spiro atoms. The SMILES string of the molecule is O=C1NC2(Oc3ccc(Br)cc3C3CC(c4ccc(Cl)cc4)=NN32)C(=Cc2ccc(-c3cc(Cl)cc(Cl)c3)o2)S1. The molecule has 40 heavy (non-hydrogen) atoms. The molecule has 2 unspecified atom stereocenters. The van der Waals surface area contributed by atoms with E-state index in [-0.39, 0.29) is 11.3 Å². The first-order valence-corrected chi connectivity index (χ1v) is 14.9. The summed E-state index contributed by atoms with van der Waals surface area (Å²) in [5.74, 6) is 0.439. The van der Waals surface area contributed by atoms with Crippen molar-refractivity contribution >= 4 is 79.5 Å². The van der Waals surface area contributed by atoms with E-state index in [0.29, 0.717) is 43.7 Å². The van der Waals surface area contributed by atoms with E-state index in [2.05, 4.69) is 21.2 Å². The molecular formula is C29H17BrCl3N3O3S. The van der Waals surface area contributed by atoms with Crippen LogP contribution in [0.2, 0.25) is 15.1 Å². The monoisotopic (exact) mass is 671 g/mol. The van der Waals surface area contributed by atoms with Crippen LogP contribution in [0.1, 0.15) is 29.3 Å². The van der Waals surface area contributed by atoms with Crippen molar-refractivity contribution in [3.8, 4) is 17.1 Å². The van der Waals surface area contributed by atoms with E-state index < -0.39 is 5.85 Å². The Kier molecular flexibility index (Phi) is 6.44. The van der Waals surface area contributed by atoms with Crippen LogP contribution in [0.5, 0.6) is 5.75 Å². The average molecular weight is 674 g/mol. The molecule has 4 heterocycles. The number of carbonyl (C=O) groups excluding carboxylic acids is 1. The Morgan fingerprint density at radius 3 is 2.52 bits per heavy atom. The van der Waals surface area contributed by atoms with Crippen LogP contribution in [0.3, 0.4) is 0 Å². The van der Waals surface area contributed by atoms with Crippen LogP contribution in [0, 0.1) is 0 Å². The van der Waals surface area contributed by atoms with E-state index in [0.717, 1.165) is 38.6 Å². The van der Waals surface area contributed by atoms with Gasteiger partial charge in [0.25, 0.3) is 5.24 Å². The van der Waals surface area contributed by atoms with Crippen molar-refractivity contribution in [3.63, 3.8) is 0 Å². The maximum absolute atomic E-state index is 12.9. The predicted octanol–water partition coefficient (Wildman–Crippen LogP) is 9.36. The zero-order valence-electron chi connectivity index (χ0n) is 20.3. The zero-order chi connectivity index (χ0) is 27.6. The summed E-state index contributed by atoms with van der Waals surface area (Å²) in [6.07, 6.45) is 2.42. The molecule has 2 atom stereocenters. The van der Waals surface area contributed by atoms with E-state index in [9.17, 15) is 4.79 Å². The molecule has 0 radical (unpaired) electrons. The van der Waals surface area contributed by atoms with Crippen molar-refractivity contribution in [2.24, 2.45) is 5.10 Å². The van der Waals surface area contributed by atoms with Crippen LogP contribution in [0.4, 0.5) is 4.79 Å². The lowest BCUT2D eigenvalue weighted by atomic mass is 9.96. The second-order valence-corrected chi connectivity index (χ2v) is 12.7. The van der Waals surface area contributed by atoms with Gasteiger partial charge in [-0.05, 0) is 84.1 Å². The number of nitrogens with zero attached hydrogens (tertiary/aromatic N) is 2. The molecule has 3 aromatic carbocycles. The van der Waals surface area contributed by atoms with E-state index in [1.165, 1.54) is 0 Å². The van der Waals surface area contributed by atoms with Gasteiger partial charge in [0.05, 0.1) is 16.7 Å². The van der Waals surface area contributed by atoms with Crippen molar-refractivity contribution < 1.29 is 13.9 Å². The number of hydrazone groups is 1. The van der Waals surface area contributed by atoms with Gasteiger partial charge in [0.1, 0.15) is 17.3 Å². The van der Waals surface area contributed by atoms with Crippen LogP contribution in [-0.4, -0.2) is 21.8 Å². The van der Waals surface area contributed by atoms with E-state index >= 15 is 0 Å². The van der Waals surface area contributed by atoms with Crippen molar-refractivity contribution in [2.45, 2.75) is 18.3 Å². The fourth-order valence-corrected chi connectivity index (χ4v) is 7.04. The normalized spacial score (nSPS) is 22.2. The smallest absolute Gasteiger partial charge is 0.314 e. The molecule has 200 valence electrons. The summed E-state index contributed by atoms with van der Waals surface area (Å²) >= 11 is 23.2. The summed E-state index contributed by atoms with van der Waals surface area (Å²) in [6.45, 7) is 0. The van der Waals surface area contributed by atoms with Gasteiger partial charge in [0, 0.05) is 37.1 Å². The molecule has 0 aliphatic carbocycles. The molecule has 1 N–H and O–H groups in total. The van der Waals surface area contributed by atoms with Gasteiger partial charge in [0.15, 0.2) is 0 Å². The highest BCUT2D eigenvalue weighted by Crippen LogP contribution is 2.53. The number of rotatable bonds is 3. The number of thioether (sulfide) groups is 1. The molecule has 1 aromatic heterocycles. The average Bonchev–Trinajstić information content (AvgIpc) is 3.63. The molecule has 1 amide bonds. The minimum Gasteiger partial charge on any atom is -0.457 e. The minimum absolute atomic E-state index is 0.185. The second-order valence-electron chi connectivity index (χ2n) is 9.43. The molecule has 1 fully saturated rings. The number of hydrogen-bond donors (Lipinski definition) is 1.